The van der Waals surface area contributed by atoms with Gasteiger partial charge in [0.1, 0.15) is 5.75 Å². The van der Waals surface area contributed by atoms with Crippen LogP contribution in [0.3, 0.4) is 0 Å². The Bertz CT molecular complexity index is 1040. The number of amides is 2. The third-order valence-corrected chi connectivity index (χ3v) is 5.08. The van der Waals surface area contributed by atoms with Gasteiger partial charge in [-0.15, -0.1) is 0 Å². The molecule has 0 saturated heterocycles. The van der Waals surface area contributed by atoms with Crippen LogP contribution in [0.4, 0.5) is 24.5 Å². The first-order valence-electron chi connectivity index (χ1n) is 9.58. The Balaban J connectivity index is 1.56. The van der Waals surface area contributed by atoms with E-state index in [9.17, 15) is 22.8 Å². The average molecular weight is 416 g/mol. The largest absolute Gasteiger partial charge is 0.493 e. The van der Waals surface area contributed by atoms with Gasteiger partial charge in [0.05, 0.1) is 12.2 Å². The van der Waals surface area contributed by atoms with E-state index >= 15 is 0 Å². The molecule has 2 N–H and O–H groups in total. The van der Waals surface area contributed by atoms with Gasteiger partial charge in [0, 0.05) is 29.4 Å². The third-order valence-electron chi connectivity index (χ3n) is 5.08. The number of nitrogens with one attached hydrogen (secondary N) is 2. The maximum Gasteiger partial charge on any atom is 0.416 e. The summed E-state index contributed by atoms with van der Waals surface area (Å²) in [4.78, 5) is 24.0. The van der Waals surface area contributed by atoms with Crippen LogP contribution in [0.15, 0.2) is 42.5 Å². The monoisotopic (exact) mass is 416 g/mol. The summed E-state index contributed by atoms with van der Waals surface area (Å²) >= 11 is 0. The molecule has 5 nitrogen and oxygen atoms in total. The van der Waals surface area contributed by atoms with Crippen molar-refractivity contribution in [2.24, 2.45) is 0 Å². The summed E-state index contributed by atoms with van der Waals surface area (Å²) in [7, 11) is 0. The maximum atomic E-state index is 13.0. The van der Waals surface area contributed by atoms with Gasteiger partial charge >= 0.3 is 6.18 Å². The lowest BCUT2D eigenvalue weighted by atomic mass is 9.99. The molecule has 0 aliphatic carbocycles. The van der Waals surface area contributed by atoms with Gasteiger partial charge in [-0.3, -0.25) is 9.59 Å². The van der Waals surface area contributed by atoms with Crippen LogP contribution in [-0.4, -0.2) is 18.4 Å². The van der Waals surface area contributed by atoms with E-state index < -0.39 is 11.7 Å². The molecule has 8 heteroatoms. The molecule has 0 fully saturated rings. The molecule has 4 rings (SSSR count). The summed E-state index contributed by atoms with van der Waals surface area (Å²) in [6.07, 6.45) is -0.959. The topological polar surface area (TPSA) is 67.4 Å². The second-order valence-corrected chi connectivity index (χ2v) is 7.24. The molecule has 0 radical (unpaired) electrons. The number of carbonyl (C=O) groups is 2. The molecule has 0 saturated carbocycles. The molecule has 0 bridgehead atoms. The van der Waals surface area contributed by atoms with E-state index in [0.29, 0.717) is 42.5 Å². The Hall–Kier alpha value is -3.29. The maximum absolute atomic E-state index is 13.0. The number of fused-ring (bicyclic) bond motifs is 2. The van der Waals surface area contributed by atoms with Gasteiger partial charge in [-0.1, -0.05) is 6.07 Å². The van der Waals surface area contributed by atoms with Crippen molar-refractivity contribution < 1.29 is 27.5 Å². The second kappa shape index (κ2) is 7.85. The predicted molar refractivity (Wildman–Crippen MR) is 106 cm³/mol. The molecule has 2 aromatic carbocycles. The van der Waals surface area contributed by atoms with Crippen molar-refractivity contribution in [3.63, 3.8) is 0 Å². The highest BCUT2D eigenvalue weighted by Gasteiger charge is 2.32. The molecule has 0 unspecified atom stereocenters. The Morgan fingerprint density at radius 3 is 2.73 bits per heavy atom. The first-order valence-corrected chi connectivity index (χ1v) is 9.58. The van der Waals surface area contributed by atoms with Gasteiger partial charge in [0.15, 0.2) is 0 Å². The lowest BCUT2D eigenvalue weighted by Gasteiger charge is -2.17. The molecule has 2 aliphatic heterocycles. The number of hydrogen-bond acceptors (Lipinski definition) is 3. The zero-order valence-corrected chi connectivity index (χ0v) is 15.9. The van der Waals surface area contributed by atoms with Crippen LogP contribution >= 0.6 is 0 Å². The van der Waals surface area contributed by atoms with Crippen molar-refractivity contribution in [1.29, 1.82) is 0 Å². The predicted octanol–water partition coefficient (Wildman–Crippen LogP) is 4.78. The van der Waals surface area contributed by atoms with Gasteiger partial charge in [-0.25, -0.2) is 0 Å². The third kappa shape index (κ3) is 4.32. The summed E-state index contributed by atoms with van der Waals surface area (Å²) in [6, 6.07) is 8.57. The summed E-state index contributed by atoms with van der Waals surface area (Å²) in [5.74, 6) is -0.282. The fraction of sp³-hybridized carbons (Fsp3) is 0.273. The summed E-state index contributed by atoms with van der Waals surface area (Å²) in [5.41, 5.74) is 2.59. The summed E-state index contributed by atoms with van der Waals surface area (Å²) in [6.45, 7) is 0.282. The number of ether oxygens (including phenoxy) is 1. The molecule has 0 atom stereocenters. The smallest absolute Gasteiger partial charge is 0.416 e. The van der Waals surface area contributed by atoms with E-state index in [1.54, 1.807) is 12.1 Å². The molecule has 156 valence electrons. The SMILES string of the molecule is O=C(/C=C1\CCCOc2cc(C(F)(F)F)ccc21)Nc1ccc2c(c1)CCC(=O)N2. The first kappa shape index (κ1) is 20.0. The van der Waals surface area contributed by atoms with E-state index in [2.05, 4.69) is 10.6 Å². The Morgan fingerprint density at radius 2 is 1.93 bits per heavy atom. The number of halogens is 3. The van der Waals surface area contributed by atoms with Crippen LogP contribution in [0.1, 0.15) is 36.0 Å². The fourth-order valence-corrected chi connectivity index (χ4v) is 3.61. The zero-order valence-electron chi connectivity index (χ0n) is 15.9. The second-order valence-electron chi connectivity index (χ2n) is 7.24. The van der Waals surface area contributed by atoms with Crippen molar-refractivity contribution in [1.82, 2.24) is 0 Å². The molecular weight excluding hydrogens is 397 g/mol. The van der Waals surface area contributed by atoms with Crippen LogP contribution in [0.2, 0.25) is 0 Å². The molecule has 2 heterocycles. The quantitative estimate of drug-likeness (QED) is 0.692. The number of allylic oxidation sites excluding steroid dienone is 1. The van der Waals surface area contributed by atoms with Gasteiger partial charge in [-0.05, 0) is 60.7 Å². The lowest BCUT2D eigenvalue weighted by molar-refractivity contribution is -0.137. The Kier molecular flexibility index (Phi) is 5.24. The number of anilines is 2. The van der Waals surface area contributed by atoms with E-state index in [0.717, 1.165) is 23.4 Å². The number of hydrogen-bond donors (Lipinski definition) is 2. The minimum Gasteiger partial charge on any atom is -0.493 e. The Morgan fingerprint density at radius 1 is 1.10 bits per heavy atom. The Labute approximate surface area is 170 Å². The zero-order chi connectivity index (χ0) is 21.3. The lowest BCUT2D eigenvalue weighted by Crippen LogP contribution is -2.19. The van der Waals surface area contributed by atoms with Crippen LogP contribution in [0, 0.1) is 0 Å². The normalized spacial score (nSPS) is 17.3. The first-order chi connectivity index (χ1) is 14.3. The van der Waals surface area contributed by atoms with E-state index in [-0.39, 0.29) is 24.2 Å². The number of alkyl halides is 3. The van der Waals surface area contributed by atoms with Crippen LogP contribution in [0.25, 0.3) is 5.57 Å². The van der Waals surface area contributed by atoms with Crippen molar-refractivity contribution in [3.05, 3.63) is 59.2 Å². The molecule has 2 aromatic rings. The number of rotatable bonds is 2. The van der Waals surface area contributed by atoms with Crippen LogP contribution < -0.4 is 15.4 Å². The summed E-state index contributed by atoms with van der Waals surface area (Å²) < 4.78 is 44.5. The molecule has 2 amide bonds. The highest BCUT2D eigenvalue weighted by Crippen LogP contribution is 2.38. The van der Waals surface area contributed by atoms with Crippen molar-refractivity contribution in [3.8, 4) is 5.75 Å². The standard InChI is InChI=1S/C22H19F3N2O3/c23-22(24,25)15-4-6-17-13(2-1-9-30-19(17)12-15)11-21(29)26-16-5-7-18-14(10-16)3-8-20(28)27-18/h4-7,10-12H,1-3,8-9H2,(H,26,29)(H,27,28)/b13-11+. The van der Waals surface area contributed by atoms with Crippen molar-refractivity contribution in [2.75, 3.05) is 17.2 Å². The van der Waals surface area contributed by atoms with Crippen LogP contribution in [0.5, 0.6) is 5.75 Å². The van der Waals surface area contributed by atoms with E-state index in [1.807, 2.05) is 6.07 Å². The van der Waals surface area contributed by atoms with E-state index in [1.165, 1.54) is 12.1 Å². The molecular formula is C22H19F3N2O3. The highest BCUT2D eigenvalue weighted by molar-refractivity contribution is 6.04. The van der Waals surface area contributed by atoms with Gasteiger partial charge in [0.25, 0.3) is 0 Å². The molecule has 0 aromatic heterocycles. The summed E-state index contributed by atoms with van der Waals surface area (Å²) in [5, 5.41) is 5.57. The average Bonchev–Trinajstić information content (AvgIpc) is 2.89. The number of benzene rings is 2. The molecule has 2 aliphatic rings. The number of carbonyl (C=O) groups excluding carboxylic acids is 2. The molecule has 30 heavy (non-hydrogen) atoms. The van der Waals surface area contributed by atoms with Gasteiger partial charge in [0.2, 0.25) is 11.8 Å². The number of aryl methyl sites for hydroxylation is 1. The molecule has 0 spiro atoms. The van der Waals surface area contributed by atoms with Crippen molar-refractivity contribution in [2.45, 2.75) is 31.9 Å². The van der Waals surface area contributed by atoms with Gasteiger partial charge in [-0.2, -0.15) is 13.2 Å². The van der Waals surface area contributed by atoms with E-state index in [4.69, 9.17) is 4.74 Å². The van der Waals surface area contributed by atoms with Crippen LogP contribution in [-0.2, 0) is 22.2 Å². The highest BCUT2D eigenvalue weighted by atomic mass is 19.4. The van der Waals surface area contributed by atoms with Crippen molar-refractivity contribution >= 4 is 28.8 Å². The van der Waals surface area contributed by atoms with Gasteiger partial charge < -0.3 is 15.4 Å². The minimum absolute atomic E-state index is 0.0352. The fourth-order valence-electron chi connectivity index (χ4n) is 3.61. The minimum atomic E-state index is -4.46.